The van der Waals surface area contributed by atoms with Gasteiger partial charge in [0, 0.05) is 12.5 Å². The van der Waals surface area contributed by atoms with Crippen LogP contribution in [-0.4, -0.2) is 27.3 Å². The Morgan fingerprint density at radius 3 is 2.90 bits per heavy atom. The van der Waals surface area contributed by atoms with Crippen molar-refractivity contribution in [1.29, 1.82) is 0 Å². The van der Waals surface area contributed by atoms with Crippen LogP contribution in [0.3, 0.4) is 0 Å². The molecule has 2 aliphatic rings. The second kappa shape index (κ2) is 4.83. The summed E-state index contributed by atoms with van der Waals surface area (Å²) in [5.41, 5.74) is 1.46. The Kier molecular flexibility index (Phi) is 2.94. The molecule has 2 aromatic rings. The number of likely N-dealkylation sites (tertiary alicyclic amines) is 1. The number of hydrogen-bond donors (Lipinski definition) is 1. The minimum Gasteiger partial charge on any atom is -0.340 e. The Bertz CT molecular complexity index is 692. The van der Waals surface area contributed by atoms with Crippen LogP contribution in [0.4, 0.5) is 4.39 Å². The standard InChI is InChI=1S/C16H18FN3O/c17-11-6-7-12-13(9-11)19-15(18-12)14-5-2-8-20(14)16(21)10-3-1-4-10/h6-7,9-10,14H,1-5,8H2,(H,18,19). The van der Waals surface area contributed by atoms with Gasteiger partial charge < -0.3 is 9.88 Å². The Balaban J connectivity index is 1.64. The number of nitrogens with zero attached hydrogens (tertiary/aromatic N) is 2. The van der Waals surface area contributed by atoms with E-state index in [1.807, 2.05) is 4.90 Å². The number of halogens is 1. The third-order valence-corrected chi connectivity index (χ3v) is 4.77. The van der Waals surface area contributed by atoms with Gasteiger partial charge in [0.15, 0.2) is 0 Å². The van der Waals surface area contributed by atoms with Gasteiger partial charge in [0.1, 0.15) is 11.6 Å². The summed E-state index contributed by atoms with van der Waals surface area (Å²) >= 11 is 0. The van der Waals surface area contributed by atoms with Crippen molar-refractivity contribution in [2.45, 2.75) is 38.1 Å². The topological polar surface area (TPSA) is 49.0 Å². The molecule has 1 aliphatic carbocycles. The highest BCUT2D eigenvalue weighted by Gasteiger charge is 2.37. The Morgan fingerprint density at radius 2 is 2.14 bits per heavy atom. The molecule has 0 bridgehead atoms. The van der Waals surface area contributed by atoms with E-state index in [2.05, 4.69) is 9.97 Å². The van der Waals surface area contributed by atoms with Crippen LogP contribution in [-0.2, 0) is 4.79 Å². The van der Waals surface area contributed by atoms with Crippen molar-refractivity contribution < 1.29 is 9.18 Å². The number of H-pyrrole nitrogens is 1. The minimum atomic E-state index is -0.272. The summed E-state index contributed by atoms with van der Waals surface area (Å²) in [5, 5.41) is 0. The van der Waals surface area contributed by atoms with Gasteiger partial charge >= 0.3 is 0 Å². The van der Waals surface area contributed by atoms with Gasteiger partial charge in [0.25, 0.3) is 0 Å². The third kappa shape index (κ3) is 2.11. The summed E-state index contributed by atoms with van der Waals surface area (Å²) in [6.45, 7) is 0.811. The molecule has 1 N–H and O–H groups in total. The van der Waals surface area contributed by atoms with Gasteiger partial charge in [0.05, 0.1) is 17.1 Å². The van der Waals surface area contributed by atoms with Crippen LogP contribution >= 0.6 is 0 Å². The van der Waals surface area contributed by atoms with Crippen molar-refractivity contribution in [2.75, 3.05) is 6.54 Å². The van der Waals surface area contributed by atoms with Gasteiger partial charge in [-0.05, 0) is 43.9 Å². The number of amides is 1. The molecule has 21 heavy (non-hydrogen) atoms. The van der Waals surface area contributed by atoms with Crippen molar-refractivity contribution in [2.24, 2.45) is 5.92 Å². The molecule has 4 rings (SSSR count). The zero-order chi connectivity index (χ0) is 14.4. The maximum Gasteiger partial charge on any atom is 0.226 e. The molecule has 1 aliphatic heterocycles. The number of aromatic nitrogens is 2. The van der Waals surface area contributed by atoms with Crippen molar-refractivity contribution in [3.63, 3.8) is 0 Å². The number of rotatable bonds is 2. The average molecular weight is 287 g/mol. The highest BCUT2D eigenvalue weighted by Crippen LogP contribution is 2.36. The van der Waals surface area contributed by atoms with Crippen molar-refractivity contribution in [1.82, 2.24) is 14.9 Å². The van der Waals surface area contributed by atoms with Crippen molar-refractivity contribution >= 4 is 16.9 Å². The number of imidazole rings is 1. The van der Waals surface area contributed by atoms with E-state index < -0.39 is 0 Å². The molecule has 1 atom stereocenters. The number of carbonyl (C=O) groups is 1. The molecule has 1 saturated carbocycles. The minimum absolute atomic E-state index is 0.0218. The molecular weight excluding hydrogens is 269 g/mol. The Hall–Kier alpha value is -1.91. The van der Waals surface area contributed by atoms with Crippen LogP contribution in [0, 0.1) is 11.7 Å². The van der Waals surface area contributed by atoms with Crippen molar-refractivity contribution in [3.8, 4) is 0 Å². The highest BCUT2D eigenvalue weighted by molar-refractivity contribution is 5.80. The summed E-state index contributed by atoms with van der Waals surface area (Å²) in [4.78, 5) is 22.2. The SMILES string of the molecule is O=C(C1CCC1)N1CCCC1c1nc2ccc(F)cc2[nH]1. The first-order chi connectivity index (χ1) is 10.2. The lowest BCUT2D eigenvalue weighted by Crippen LogP contribution is -2.38. The molecule has 1 amide bonds. The summed E-state index contributed by atoms with van der Waals surface area (Å²) in [6.07, 6.45) is 5.15. The number of nitrogens with one attached hydrogen (secondary N) is 1. The molecule has 5 heteroatoms. The predicted molar refractivity (Wildman–Crippen MR) is 77.1 cm³/mol. The average Bonchev–Trinajstić information content (AvgIpc) is 3.01. The fourth-order valence-corrected chi connectivity index (χ4v) is 3.36. The van der Waals surface area contributed by atoms with Gasteiger partial charge in [0.2, 0.25) is 5.91 Å². The molecule has 1 unspecified atom stereocenters. The lowest BCUT2D eigenvalue weighted by atomic mass is 9.84. The largest absolute Gasteiger partial charge is 0.340 e. The van der Waals surface area contributed by atoms with E-state index >= 15 is 0 Å². The molecule has 4 nitrogen and oxygen atoms in total. The molecule has 2 heterocycles. The third-order valence-electron chi connectivity index (χ3n) is 4.77. The van der Waals surface area contributed by atoms with Gasteiger partial charge in [-0.3, -0.25) is 4.79 Å². The molecule has 110 valence electrons. The van der Waals surface area contributed by atoms with Gasteiger partial charge in [-0.2, -0.15) is 0 Å². The molecule has 1 aromatic heterocycles. The van der Waals surface area contributed by atoms with Crippen LogP contribution in [0.1, 0.15) is 44.0 Å². The van der Waals surface area contributed by atoms with Crippen LogP contribution in [0.2, 0.25) is 0 Å². The summed E-state index contributed by atoms with van der Waals surface area (Å²) in [7, 11) is 0. The molecule has 1 saturated heterocycles. The number of carbonyl (C=O) groups excluding carboxylic acids is 1. The number of fused-ring (bicyclic) bond motifs is 1. The van der Waals surface area contributed by atoms with E-state index in [9.17, 15) is 9.18 Å². The highest BCUT2D eigenvalue weighted by atomic mass is 19.1. The van der Waals surface area contributed by atoms with Crippen molar-refractivity contribution in [3.05, 3.63) is 29.8 Å². The quantitative estimate of drug-likeness (QED) is 0.922. The summed E-state index contributed by atoms with van der Waals surface area (Å²) in [6, 6.07) is 4.57. The summed E-state index contributed by atoms with van der Waals surface area (Å²) < 4.78 is 13.3. The van der Waals surface area contributed by atoms with Gasteiger partial charge in [-0.25, -0.2) is 9.37 Å². The molecular formula is C16H18FN3O. The second-order valence-corrected chi connectivity index (χ2v) is 6.10. The first-order valence-electron chi connectivity index (χ1n) is 7.68. The smallest absolute Gasteiger partial charge is 0.226 e. The van der Waals surface area contributed by atoms with E-state index in [1.165, 1.54) is 18.6 Å². The van der Waals surface area contributed by atoms with Crippen LogP contribution in [0.25, 0.3) is 11.0 Å². The van der Waals surface area contributed by atoms with E-state index in [-0.39, 0.29) is 23.7 Å². The monoisotopic (exact) mass is 287 g/mol. The van der Waals surface area contributed by atoms with Gasteiger partial charge in [-0.15, -0.1) is 0 Å². The predicted octanol–water partition coefficient (Wildman–Crippen LogP) is 3.17. The first kappa shape index (κ1) is 12.8. The molecule has 0 radical (unpaired) electrons. The summed E-state index contributed by atoms with van der Waals surface area (Å²) in [5.74, 6) is 1.01. The number of benzene rings is 1. The first-order valence-corrected chi connectivity index (χ1v) is 7.68. The lowest BCUT2D eigenvalue weighted by molar-refractivity contribution is -0.139. The second-order valence-electron chi connectivity index (χ2n) is 6.10. The molecule has 2 fully saturated rings. The fraction of sp³-hybridized carbons (Fsp3) is 0.500. The number of aromatic amines is 1. The van der Waals surface area contributed by atoms with E-state index in [0.717, 1.165) is 43.6 Å². The maximum absolute atomic E-state index is 13.3. The van der Waals surface area contributed by atoms with E-state index in [1.54, 1.807) is 6.07 Å². The van der Waals surface area contributed by atoms with E-state index in [0.29, 0.717) is 5.52 Å². The number of hydrogen-bond acceptors (Lipinski definition) is 2. The molecule has 0 spiro atoms. The fourth-order valence-electron chi connectivity index (χ4n) is 3.36. The lowest BCUT2D eigenvalue weighted by Gasteiger charge is -2.32. The Morgan fingerprint density at radius 1 is 1.29 bits per heavy atom. The zero-order valence-corrected chi connectivity index (χ0v) is 11.8. The van der Waals surface area contributed by atoms with Crippen LogP contribution < -0.4 is 0 Å². The zero-order valence-electron chi connectivity index (χ0n) is 11.8. The normalized spacial score (nSPS) is 22.7. The van der Waals surface area contributed by atoms with Crippen LogP contribution in [0.5, 0.6) is 0 Å². The van der Waals surface area contributed by atoms with E-state index in [4.69, 9.17) is 0 Å². The van der Waals surface area contributed by atoms with Crippen LogP contribution in [0.15, 0.2) is 18.2 Å². The van der Waals surface area contributed by atoms with Gasteiger partial charge in [-0.1, -0.05) is 6.42 Å². The molecule has 1 aromatic carbocycles. The Labute approximate surface area is 122 Å². The maximum atomic E-state index is 13.3.